The van der Waals surface area contributed by atoms with E-state index in [9.17, 15) is 4.79 Å². The van der Waals surface area contributed by atoms with Crippen molar-refractivity contribution < 1.29 is 4.79 Å². The first-order valence-electron chi connectivity index (χ1n) is 7.36. The second kappa shape index (κ2) is 7.65. The molecule has 110 valence electrons. The van der Waals surface area contributed by atoms with E-state index < -0.39 is 0 Å². The number of nitrogens with zero attached hydrogens (tertiary/aromatic N) is 1. The second-order valence-electron chi connectivity index (χ2n) is 5.61. The molecule has 1 N–H and O–H groups in total. The van der Waals surface area contributed by atoms with Crippen LogP contribution in [0.3, 0.4) is 0 Å². The second-order valence-corrected chi connectivity index (χ2v) is 6.05. The lowest BCUT2D eigenvalue weighted by atomic mass is 9.94. The predicted molar refractivity (Wildman–Crippen MR) is 82.8 cm³/mol. The van der Waals surface area contributed by atoms with E-state index in [2.05, 4.69) is 17.3 Å². The minimum Gasteiger partial charge on any atom is -0.351 e. The van der Waals surface area contributed by atoms with Gasteiger partial charge in [-0.25, -0.2) is 0 Å². The molecule has 0 aromatic heterocycles. The Kier molecular flexibility index (Phi) is 5.86. The van der Waals surface area contributed by atoms with Gasteiger partial charge in [-0.15, -0.1) is 0 Å². The Morgan fingerprint density at radius 1 is 1.25 bits per heavy atom. The summed E-state index contributed by atoms with van der Waals surface area (Å²) >= 11 is 5.84. The number of halogens is 1. The monoisotopic (exact) mass is 294 g/mol. The number of benzene rings is 1. The van der Waals surface area contributed by atoms with Crippen molar-refractivity contribution in [2.75, 3.05) is 13.6 Å². The number of likely N-dealkylation sites (N-methyl/N-ethyl adjacent to an activating group) is 1. The van der Waals surface area contributed by atoms with Crippen molar-refractivity contribution in [3.8, 4) is 0 Å². The fraction of sp³-hybridized carbons (Fsp3) is 0.562. The summed E-state index contributed by atoms with van der Waals surface area (Å²) in [7, 11) is 2.05. The van der Waals surface area contributed by atoms with E-state index >= 15 is 0 Å². The Balaban J connectivity index is 1.73. The van der Waals surface area contributed by atoms with Crippen molar-refractivity contribution in [3.05, 3.63) is 34.9 Å². The summed E-state index contributed by atoms with van der Waals surface area (Å²) in [6, 6.07) is 8.14. The zero-order valence-electron chi connectivity index (χ0n) is 12.1. The van der Waals surface area contributed by atoms with E-state index in [1.54, 1.807) is 0 Å². The maximum Gasteiger partial charge on any atom is 0.234 e. The van der Waals surface area contributed by atoms with Gasteiger partial charge in [0.1, 0.15) is 0 Å². The van der Waals surface area contributed by atoms with Gasteiger partial charge in [0.15, 0.2) is 0 Å². The van der Waals surface area contributed by atoms with Crippen LogP contribution in [0, 0.1) is 0 Å². The highest BCUT2D eigenvalue weighted by Gasteiger charge is 2.19. The molecule has 0 radical (unpaired) electrons. The van der Waals surface area contributed by atoms with Crippen LogP contribution in [0.15, 0.2) is 24.3 Å². The van der Waals surface area contributed by atoms with Gasteiger partial charge in [0, 0.05) is 17.6 Å². The number of carbonyl (C=O) groups is 1. The number of hydrogen-bond acceptors (Lipinski definition) is 2. The number of hydrogen-bond donors (Lipinski definition) is 1. The Morgan fingerprint density at radius 3 is 2.55 bits per heavy atom. The standard InChI is InChI=1S/C16H23ClN2O/c1-19(15-5-3-2-4-6-15)12-16(20)18-11-13-7-9-14(17)10-8-13/h7-10,15H,2-6,11-12H2,1H3,(H,18,20). The van der Waals surface area contributed by atoms with Crippen LogP contribution in [0.4, 0.5) is 0 Å². The number of amides is 1. The molecule has 20 heavy (non-hydrogen) atoms. The molecule has 1 fully saturated rings. The number of carbonyl (C=O) groups excluding carboxylic acids is 1. The summed E-state index contributed by atoms with van der Waals surface area (Å²) in [5, 5.41) is 3.68. The van der Waals surface area contributed by atoms with Crippen LogP contribution in [0.25, 0.3) is 0 Å². The third-order valence-electron chi connectivity index (χ3n) is 3.99. The predicted octanol–water partition coefficient (Wildman–Crippen LogP) is 3.22. The largest absolute Gasteiger partial charge is 0.351 e. The van der Waals surface area contributed by atoms with E-state index in [1.165, 1.54) is 32.1 Å². The van der Waals surface area contributed by atoms with Crippen molar-refractivity contribution >= 4 is 17.5 Å². The quantitative estimate of drug-likeness (QED) is 0.904. The molecule has 0 spiro atoms. The first-order chi connectivity index (χ1) is 9.65. The molecule has 0 heterocycles. The van der Waals surface area contributed by atoms with Gasteiger partial charge < -0.3 is 5.32 Å². The summed E-state index contributed by atoms with van der Waals surface area (Å²) in [5.41, 5.74) is 1.07. The minimum absolute atomic E-state index is 0.0908. The lowest BCUT2D eigenvalue weighted by Crippen LogP contribution is -2.41. The van der Waals surface area contributed by atoms with Crippen molar-refractivity contribution in [1.82, 2.24) is 10.2 Å². The van der Waals surface area contributed by atoms with Gasteiger partial charge in [0.25, 0.3) is 0 Å². The highest BCUT2D eigenvalue weighted by Crippen LogP contribution is 2.21. The van der Waals surface area contributed by atoms with Gasteiger partial charge in [0.05, 0.1) is 6.54 Å². The van der Waals surface area contributed by atoms with E-state index in [4.69, 9.17) is 11.6 Å². The first-order valence-corrected chi connectivity index (χ1v) is 7.74. The van der Waals surface area contributed by atoms with Gasteiger partial charge in [0.2, 0.25) is 5.91 Å². The number of rotatable bonds is 5. The summed E-state index contributed by atoms with van der Waals surface area (Å²) in [6.45, 7) is 1.05. The van der Waals surface area contributed by atoms with Crippen LogP contribution in [-0.2, 0) is 11.3 Å². The third kappa shape index (κ3) is 4.80. The molecule has 0 bridgehead atoms. The molecule has 0 atom stereocenters. The zero-order chi connectivity index (χ0) is 14.4. The first kappa shape index (κ1) is 15.3. The lowest BCUT2D eigenvalue weighted by molar-refractivity contribution is -0.122. The van der Waals surface area contributed by atoms with Gasteiger partial charge in [-0.3, -0.25) is 9.69 Å². The summed E-state index contributed by atoms with van der Waals surface area (Å²) in [5.74, 6) is 0.0908. The molecule has 1 amide bonds. The summed E-state index contributed by atoms with van der Waals surface area (Å²) < 4.78 is 0. The molecule has 3 nitrogen and oxygen atoms in total. The summed E-state index contributed by atoms with van der Waals surface area (Å²) in [4.78, 5) is 14.1. The zero-order valence-corrected chi connectivity index (χ0v) is 12.8. The van der Waals surface area contributed by atoms with Gasteiger partial charge >= 0.3 is 0 Å². The van der Waals surface area contributed by atoms with E-state index in [0.717, 1.165) is 10.6 Å². The van der Waals surface area contributed by atoms with E-state index in [0.29, 0.717) is 19.1 Å². The Morgan fingerprint density at radius 2 is 1.90 bits per heavy atom. The molecule has 1 aliphatic carbocycles. The molecule has 4 heteroatoms. The minimum atomic E-state index is 0.0908. The van der Waals surface area contributed by atoms with Crippen molar-refractivity contribution in [1.29, 1.82) is 0 Å². The highest BCUT2D eigenvalue weighted by atomic mass is 35.5. The molecule has 2 rings (SSSR count). The SMILES string of the molecule is CN(CC(=O)NCc1ccc(Cl)cc1)C1CCCCC1. The molecule has 1 aliphatic rings. The fourth-order valence-corrected chi connectivity index (χ4v) is 2.86. The topological polar surface area (TPSA) is 32.3 Å². The third-order valence-corrected chi connectivity index (χ3v) is 4.25. The van der Waals surface area contributed by atoms with Gasteiger partial charge in [-0.1, -0.05) is 43.0 Å². The maximum atomic E-state index is 12.0. The smallest absolute Gasteiger partial charge is 0.234 e. The molecular formula is C16H23ClN2O. The summed E-state index contributed by atoms with van der Waals surface area (Å²) in [6.07, 6.45) is 6.37. The molecule has 1 aromatic rings. The Labute approximate surface area is 126 Å². The molecule has 1 saturated carbocycles. The average Bonchev–Trinajstić information content (AvgIpc) is 2.47. The van der Waals surface area contributed by atoms with Crippen molar-refractivity contribution in [2.45, 2.75) is 44.7 Å². The Hall–Kier alpha value is -1.06. The fourth-order valence-electron chi connectivity index (χ4n) is 2.74. The van der Waals surface area contributed by atoms with Gasteiger partial charge in [-0.2, -0.15) is 0 Å². The van der Waals surface area contributed by atoms with Crippen LogP contribution in [0.1, 0.15) is 37.7 Å². The number of nitrogens with one attached hydrogen (secondary N) is 1. The van der Waals surface area contributed by atoms with Crippen LogP contribution in [0.2, 0.25) is 5.02 Å². The van der Waals surface area contributed by atoms with Crippen LogP contribution in [-0.4, -0.2) is 30.4 Å². The van der Waals surface area contributed by atoms with E-state index in [-0.39, 0.29) is 5.91 Å². The molecule has 1 aromatic carbocycles. The van der Waals surface area contributed by atoms with E-state index in [1.807, 2.05) is 24.3 Å². The van der Waals surface area contributed by atoms with Crippen LogP contribution < -0.4 is 5.32 Å². The van der Waals surface area contributed by atoms with Crippen LogP contribution in [0.5, 0.6) is 0 Å². The molecular weight excluding hydrogens is 272 g/mol. The highest BCUT2D eigenvalue weighted by molar-refractivity contribution is 6.30. The van der Waals surface area contributed by atoms with Crippen molar-refractivity contribution in [2.24, 2.45) is 0 Å². The van der Waals surface area contributed by atoms with Gasteiger partial charge in [-0.05, 0) is 37.6 Å². The average molecular weight is 295 g/mol. The van der Waals surface area contributed by atoms with Crippen molar-refractivity contribution in [3.63, 3.8) is 0 Å². The Bertz CT molecular complexity index is 427. The molecule has 0 saturated heterocycles. The normalized spacial score (nSPS) is 16.4. The maximum absolute atomic E-state index is 12.0. The van der Waals surface area contributed by atoms with Crippen LogP contribution >= 0.6 is 11.6 Å². The molecule has 0 unspecified atom stereocenters. The lowest BCUT2D eigenvalue weighted by Gasteiger charge is -2.30. The molecule has 0 aliphatic heterocycles.